The van der Waals surface area contributed by atoms with Crippen molar-refractivity contribution in [1.82, 2.24) is 5.32 Å². The third kappa shape index (κ3) is 5.82. The molecule has 114 valence electrons. The van der Waals surface area contributed by atoms with Crippen LogP contribution in [-0.2, 0) is 9.84 Å². The molecule has 0 aromatic carbocycles. The van der Waals surface area contributed by atoms with Crippen LogP contribution in [0.5, 0.6) is 0 Å². The molecular formula is C15H31NO2S. The second-order valence-electron chi connectivity index (χ2n) is 6.51. The van der Waals surface area contributed by atoms with Gasteiger partial charge in [0.25, 0.3) is 0 Å². The van der Waals surface area contributed by atoms with E-state index in [4.69, 9.17) is 0 Å². The van der Waals surface area contributed by atoms with Crippen molar-refractivity contribution in [3.8, 4) is 0 Å². The van der Waals surface area contributed by atoms with Crippen molar-refractivity contribution in [3.63, 3.8) is 0 Å². The molecular weight excluding hydrogens is 258 g/mol. The highest BCUT2D eigenvalue weighted by Crippen LogP contribution is 2.32. The Morgan fingerprint density at radius 3 is 2.42 bits per heavy atom. The summed E-state index contributed by atoms with van der Waals surface area (Å²) in [6.45, 7) is 7.62. The molecule has 19 heavy (non-hydrogen) atoms. The highest BCUT2D eigenvalue weighted by molar-refractivity contribution is 7.91. The Morgan fingerprint density at radius 1 is 1.21 bits per heavy atom. The molecule has 1 fully saturated rings. The highest BCUT2D eigenvalue weighted by atomic mass is 32.2. The number of rotatable bonds is 7. The van der Waals surface area contributed by atoms with Crippen LogP contribution in [0.1, 0.15) is 59.3 Å². The summed E-state index contributed by atoms with van der Waals surface area (Å²) in [7, 11) is -2.87. The van der Waals surface area contributed by atoms with Gasteiger partial charge in [0.05, 0.1) is 5.25 Å². The number of hydrogen-bond donors (Lipinski definition) is 1. The summed E-state index contributed by atoms with van der Waals surface area (Å²) in [6.07, 6.45) is 7.75. The summed E-state index contributed by atoms with van der Waals surface area (Å²) >= 11 is 0. The summed E-state index contributed by atoms with van der Waals surface area (Å²) in [5, 5.41) is 3.48. The number of sulfone groups is 1. The third-order valence-corrected chi connectivity index (χ3v) is 6.00. The van der Waals surface area contributed by atoms with Gasteiger partial charge in [-0.25, -0.2) is 8.42 Å². The predicted molar refractivity (Wildman–Crippen MR) is 82.1 cm³/mol. The minimum atomic E-state index is -2.87. The molecule has 1 N–H and O–H groups in total. The van der Waals surface area contributed by atoms with Crippen LogP contribution in [0.15, 0.2) is 0 Å². The van der Waals surface area contributed by atoms with E-state index in [1.54, 1.807) is 0 Å². The Morgan fingerprint density at radius 2 is 1.89 bits per heavy atom. The van der Waals surface area contributed by atoms with Gasteiger partial charge in [0, 0.05) is 12.3 Å². The Bertz CT molecular complexity index is 351. The topological polar surface area (TPSA) is 46.2 Å². The maximum atomic E-state index is 11.8. The van der Waals surface area contributed by atoms with Crippen molar-refractivity contribution >= 4 is 9.84 Å². The van der Waals surface area contributed by atoms with Gasteiger partial charge in [-0.05, 0) is 50.5 Å². The molecule has 0 bridgehead atoms. The Labute approximate surface area is 119 Å². The minimum Gasteiger partial charge on any atom is -0.314 e. The lowest BCUT2D eigenvalue weighted by Gasteiger charge is -2.34. The summed E-state index contributed by atoms with van der Waals surface area (Å²) < 4.78 is 23.5. The van der Waals surface area contributed by atoms with E-state index < -0.39 is 9.84 Å². The third-order valence-electron chi connectivity index (χ3n) is 4.36. The molecule has 0 aromatic rings. The summed E-state index contributed by atoms with van der Waals surface area (Å²) in [6, 6.07) is 0.497. The van der Waals surface area contributed by atoms with Gasteiger partial charge in [0.1, 0.15) is 9.84 Å². The van der Waals surface area contributed by atoms with Gasteiger partial charge < -0.3 is 5.32 Å². The quantitative estimate of drug-likeness (QED) is 0.783. The van der Waals surface area contributed by atoms with E-state index in [0.29, 0.717) is 12.0 Å². The van der Waals surface area contributed by atoms with Crippen LogP contribution in [-0.4, -0.2) is 32.5 Å². The highest BCUT2D eigenvalue weighted by Gasteiger charge is 2.32. The van der Waals surface area contributed by atoms with Gasteiger partial charge in [-0.3, -0.25) is 0 Å². The van der Waals surface area contributed by atoms with E-state index in [0.717, 1.165) is 31.7 Å². The van der Waals surface area contributed by atoms with Crippen LogP contribution in [0.3, 0.4) is 0 Å². The molecule has 0 aliphatic heterocycles. The fourth-order valence-corrected chi connectivity index (χ4v) is 4.41. The van der Waals surface area contributed by atoms with Gasteiger partial charge in [-0.2, -0.15) is 0 Å². The van der Waals surface area contributed by atoms with E-state index in [1.807, 2.05) is 0 Å². The van der Waals surface area contributed by atoms with Gasteiger partial charge in [0.15, 0.2) is 0 Å². The maximum Gasteiger partial charge on any atom is 0.150 e. The zero-order chi connectivity index (χ0) is 14.5. The van der Waals surface area contributed by atoms with E-state index in [1.165, 1.54) is 25.5 Å². The van der Waals surface area contributed by atoms with E-state index in [2.05, 4.69) is 26.1 Å². The van der Waals surface area contributed by atoms with Crippen molar-refractivity contribution in [3.05, 3.63) is 0 Å². The molecule has 0 heterocycles. The Kier molecular flexibility index (Phi) is 6.81. The lowest BCUT2D eigenvalue weighted by atomic mass is 9.81. The molecule has 3 unspecified atom stereocenters. The van der Waals surface area contributed by atoms with Crippen molar-refractivity contribution in [1.29, 1.82) is 0 Å². The summed E-state index contributed by atoms with van der Waals surface area (Å²) in [5.74, 6) is 1.25. The molecule has 4 heteroatoms. The van der Waals surface area contributed by atoms with Crippen LogP contribution >= 0.6 is 0 Å². The maximum absolute atomic E-state index is 11.8. The first-order chi connectivity index (χ1) is 8.84. The predicted octanol–water partition coefficient (Wildman–Crippen LogP) is 3.00. The largest absolute Gasteiger partial charge is 0.314 e. The zero-order valence-electron chi connectivity index (χ0n) is 13.0. The second-order valence-corrected chi connectivity index (χ2v) is 8.84. The van der Waals surface area contributed by atoms with E-state index in [-0.39, 0.29) is 5.25 Å². The first kappa shape index (κ1) is 17.0. The van der Waals surface area contributed by atoms with Crippen LogP contribution in [0, 0.1) is 11.8 Å². The molecule has 0 radical (unpaired) electrons. The summed E-state index contributed by atoms with van der Waals surface area (Å²) in [4.78, 5) is 0. The van der Waals surface area contributed by atoms with Crippen molar-refractivity contribution < 1.29 is 8.42 Å². The van der Waals surface area contributed by atoms with Crippen LogP contribution in [0.25, 0.3) is 0 Å². The standard InChI is InChI=1S/C15H31NO2S/c1-5-16-15(10-9-12(2)3)13-7-6-8-14(11-13)19(4,17)18/h12-16H,5-11H2,1-4H3. The average molecular weight is 289 g/mol. The smallest absolute Gasteiger partial charge is 0.150 e. The number of hydrogen-bond acceptors (Lipinski definition) is 3. The molecule has 0 saturated heterocycles. The first-order valence-corrected chi connectivity index (χ1v) is 9.72. The first-order valence-electron chi connectivity index (χ1n) is 7.76. The second kappa shape index (κ2) is 7.63. The van der Waals surface area contributed by atoms with Crippen molar-refractivity contribution in [2.45, 2.75) is 70.6 Å². The van der Waals surface area contributed by atoms with Gasteiger partial charge >= 0.3 is 0 Å². The van der Waals surface area contributed by atoms with Crippen LogP contribution < -0.4 is 5.32 Å². The number of nitrogens with one attached hydrogen (secondary N) is 1. The normalized spacial score (nSPS) is 26.6. The molecule has 0 spiro atoms. The van der Waals surface area contributed by atoms with Gasteiger partial charge in [-0.1, -0.05) is 27.2 Å². The SMILES string of the molecule is CCNC(CCC(C)C)C1CCCC(S(C)(=O)=O)C1. The van der Waals surface area contributed by atoms with Crippen LogP contribution in [0.2, 0.25) is 0 Å². The monoisotopic (exact) mass is 289 g/mol. The van der Waals surface area contributed by atoms with Gasteiger partial charge in [0.2, 0.25) is 0 Å². The van der Waals surface area contributed by atoms with Crippen molar-refractivity contribution in [2.24, 2.45) is 11.8 Å². The molecule has 1 saturated carbocycles. The minimum absolute atomic E-state index is 0.105. The summed E-state index contributed by atoms with van der Waals surface area (Å²) in [5.41, 5.74) is 0. The van der Waals surface area contributed by atoms with Crippen molar-refractivity contribution in [2.75, 3.05) is 12.8 Å². The van der Waals surface area contributed by atoms with E-state index in [9.17, 15) is 8.42 Å². The molecule has 0 aromatic heterocycles. The fourth-order valence-electron chi connectivity index (χ4n) is 3.21. The Balaban J connectivity index is 2.62. The lowest BCUT2D eigenvalue weighted by molar-refractivity contribution is 0.252. The molecule has 1 aliphatic carbocycles. The average Bonchev–Trinajstić information content (AvgIpc) is 2.33. The van der Waals surface area contributed by atoms with Gasteiger partial charge in [-0.15, -0.1) is 0 Å². The molecule has 0 amide bonds. The zero-order valence-corrected chi connectivity index (χ0v) is 13.8. The Hall–Kier alpha value is -0.0900. The molecule has 1 rings (SSSR count). The molecule has 3 atom stereocenters. The fraction of sp³-hybridized carbons (Fsp3) is 1.00. The molecule has 1 aliphatic rings. The van der Waals surface area contributed by atoms with Crippen LogP contribution in [0.4, 0.5) is 0 Å². The van der Waals surface area contributed by atoms with E-state index >= 15 is 0 Å². The molecule has 3 nitrogen and oxygen atoms in total. The lowest BCUT2D eigenvalue weighted by Crippen LogP contribution is -2.41.